The van der Waals surface area contributed by atoms with E-state index in [0.29, 0.717) is 10.6 Å². The molecule has 0 saturated carbocycles. The number of hydrogen-bond acceptors (Lipinski definition) is 2. The zero-order valence-electron chi connectivity index (χ0n) is 9.24. The second kappa shape index (κ2) is 4.30. The number of halogens is 1. The lowest BCUT2D eigenvalue weighted by Gasteiger charge is -2.32. The summed E-state index contributed by atoms with van der Waals surface area (Å²) in [6, 6.07) is 9.48. The summed E-state index contributed by atoms with van der Waals surface area (Å²) in [4.78, 5) is 11.4. The predicted octanol–water partition coefficient (Wildman–Crippen LogP) is 3.22. The van der Waals surface area contributed by atoms with Crippen LogP contribution >= 0.6 is 11.6 Å². The van der Waals surface area contributed by atoms with Gasteiger partial charge in [0.15, 0.2) is 0 Å². The first kappa shape index (κ1) is 11.2. The molecular formula is C13H13ClO2. The molecule has 0 amide bonds. The van der Waals surface area contributed by atoms with Crippen molar-refractivity contribution < 1.29 is 9.53 Å². The minimum Gasteiger partial charge on any atom is -0.453 e. The normalized spacial score (nSPS) is 22.8. The van der Waals surface area contributed by atoms with Gasteiger partial charge in [0.1, 0.15) is 6.10 Å². The van der Waals surface area contributed by atoms with E-state index in [1.165, 1.54) is 0 Å². The maximum Gasteiger partial charge on any atom is 0.339 e. The molecule has 0 unspecified atom stereocenters. The molecule has 2 rings (SSSR count). The molecule has 0 N–H and O–H groups in total. The predicted molar refractivity (Wildman–Crippen MR) is 63.9 cm³/mol. The van der Waals surface area contributed by atoms with E-state index in [0.717, 1.165) is 5.56 Å². The Kier molecular flexibility index (Phi) is 3.01. The molecule has 84 valence electrons. The number of rotatable bonds is 2. The van der Waals surface area contributed by atoms with Crippen LogP contribution in [-0.2, 0) is 9.53 Å². The van der Waals surface area contributed by atoms with Gasteiger partial charge < -0.3 is 4.74 Å². The fraction of sp³-hybridized carbons (Fsp3) is 0.308. The van der Waals surface area contributed by atoms with Gasteiger partial charge in [0, 0.05) is 0 Å². The van der Waals surface area contributed by atoms with Crippen LogP contribution in [-0.4, -0.2) is 12.1 Å². The molecule has 0 bridgehead atoms. The number of carbonyl (C=O) groups excluding carboxylic acids is 1. The fourth-order valence-corrected chi connectivity index (χ4v) is 2.03. The number of benzene rings is 1. The van der Waals surface area contributed by atoms with Crippen molar-refractivity contribution in [1.82, 2.24) is 0 Å². The molecule has 1 atom stereocenters. The van der Waals surface area contributed by atoms with E-state index in [9.17, 15) is 4.79 Å². The third-order valence-corrected chi connectivity index (χ3v) is 3.03. The van der Waals surface area contributed by atoms with Crippen molar-refractivity contribution in [3.8, 4) is 0 Å². The van der Waals surface area contributed by atoms with Crippen molar-refractivity contribution in [2.45, 2.75) is 20.0 Å². The SMILES string of the molecule is CC(C)[C@H]1OC(=O)/C1=C(\Cl)c1ccccc1. The number of esters is 1. The van der Waals surface area contributed by atoms with Crippen LogP contribution in [0.3, 0.4) is 0 Å². The topological polar surface area (TPSA) is 26.3 Å². The first-order valence-electron chi connectivity index (χ1n) is 5.27. The first-order valence-corrected chi connectivity index (χ1v) is 5.65. The van der Waals surface area contributed by atoms with Gasteiger partial charge in [-0.3, -0.25) is 0 Å². The van der Waals surface area contributed by atoms with Crippen LogP contribution in [0.15, 0.2) is 35.9 Å². The van der Waals surface area contributed by atoms with Gasteiger partial charge in [-0.1, -0.05) is 55.8 Å². The van der Waals surface area contributed by atoms with Gasteiger partial charge in [-0.25, -0.2) is 4.79 Å². The summed E-state index contributed by atoms with van der Waals surface area (Å²) in [6.45, 7) is 4.01. The molecule has 1 saturated heterocycles. The smallest absolute Gasteiger partial charge is 0.339 e. The Morgan fingerprint density at radius 2 is 1.94 bits per heavy atom. The number of hydrogen-bond donors (Lipinski definition) is 0. The van der Waals surface area contributed by atoms with Crippen molar-refractivity contribution in [2.24, 2.45) is 5.92 Å². The lowest BCUT2D eigenvalue weighted by Crippen LogP contribution is -2.40. The standard InChI is InChI=1S/C13H13ClO2/c1-8(2)12-10(13(15)16-12)11(14)9-6-4-3-5-7-9/h3-8,12H,1-2H3/b11-10-/t12-/m1/s1. The third-order valence-electron chi connectivity index (χ3n) is 2.61. The molecule has 1 heterocycles. The Bertz CT molecular complexity index is 435. The van der Waals surface area contributed by atoms with E-state index in [4.69, 9.17) is 16.3 Å². The molecule has 16 heavy (non-hydrogen) atoms. The van der Waals surface area contributed by atoms with Gasteiger partial charge in [0.2, 0.25) is 0 Å². The number of carbonyl (C=O) groups is 1. The van der Waals surface area contributed by atoms with Crippen molar-refractivity contribution in [2.75, 3.05) is 0 Å². The Morgan fingerprint density at radius 3 is 2.44 bits per heavy atom. The highest BCUT2D eigenvalue weighted by Crippen LogP contribution is 2.36. The molecule has 2 nitrogen and oxygen atoms in total. The van der Waals surface area contributed by atoms with Gasteiger partial charge in [0.25, 0.3) is 0 Å². The van der Waals surface area contributed by atoms with Gasteiger partial charge >= 0.3 is 5.97 Å². The largest absolute Gasteiger partial charge is 0.453 e. The Hall–Kier alpha value is -1.28. The summed E-state index contributed by atoms with van der Waals surface area (Å²) in [6.07, 6.45) is -0.166. The highest BCUT2D eigenvalue weighted by molar-refractivity contribution is 6.51. The molecule has 1 aromatic carbocycles. The molecule has 0 radical (unpaired) electrons. The minimum absolute atomic E-state index is 0.166. The summed E-state index contributed by atoms with van der Waals surface area (Å²) < 4.78 is 5.07. The molecule has 1 fully saturated rings. The summed E-state index contributed by atoms with van der Waals surface area (Å²) in [5, 5.41) is 0.510. The third kappa shape index (κ3) is 1.85. The molecule has 0 spiro atoms. The van der Waals surface area contributed by atoms with Crippen LogP contribution in [0.2, 0.25) is 0 Å². The summed E-state index contributed by atoms with van der Waals surface area (Å²) in [7, 11) is 0. The molecule has 0 aliphatic carbocycles. The van der Waals surface area contributed by atoms with Crippen molar-refractivity contribution in [1.29, 1.82) is 0 Å². The summed E-state index contributed by atoms with van der Waals surface area (Å²) in [5.74, 6) is -0.0438. The van der Waals surface area contributed by atoms with E-state index in [-0.39, 0.29) is 18.0 Å². The van der Waals surface area contributed by atoms with Gasteiger partial charge in [-0.2, -0.15) is 0 Å². The highest BCUT2D eigenvalue weighted by Gasteiger charge is 2.40. The quantitative estimate of drug-likeness (QED) is 0.582. The van der Waals surface area contributed by atoms with Crippen molar-refractivity contribution in [3.05, 3.63) is 41.5 Å². The number of ether oxygens (including phenoxy) is 1. The Balaban J connectivity index is 2.37. The lowest BCUT2D eigenvalue weighted by molar-refractivity contribution is -0.158. The molecule has 1 aromatic rings. The Labute approximate surface area is 99.9 Å². The second-order valence-electron chi connectivity index (χ2n) is 4.16. The van der Waals surface area contributed by atoms with Crippen molar-refractivity contribution in [3.63, 3.8) is 0 Å². The van der Waals surface area contributed by atoms with Gasteiger partial charge in [-0.05, 0) is 11.5 Å². The summed E-state index contributed by atoms with van der Waals surface area (Å²) >= 11 is 6.22. The zero-order chi connectivity index (χ0) is 11.7. The molecule has 1 aliphatic heterocycles. The average molecular weight is 237 g/mol. The van der Waals surface area contributed by atoms with E-state index < -0.39 is 0 Å². The highest BCUT2D eigenvalue weighted by atomic mass is 35.5. The lowest BCUT2D eigenvalue weighted by atomic mass is 9.92. The maximum atomic E-state index is 11.4. The molecule has 3 heteroatoms. The zero-order valence-corrected chi connectivity index (χ0v) is 9.99. The molecule has 0 aromatic heterocycles. The second-order valence-corrected chi connectivity index (χ2v) is 4.54. The average Bonchev–Trinajstić information content (AvgIpc) is 2.26. The van der Waals surface area contributed by atoms with Gasteiger partial charge in [-0.15, -0.1) is 0 Å². The fourth-order valence-electron chi connectivity index (χ4n) is 1.72. The van der Waals surface area contributed by atoms with E-state index in [1.807, 2.05) is 44.2 Å². The van der Waals surface area contributed by atoms with Gasteiger partial charge in [0.05, 0.1) is 10.6 Å². The van der Waals surface area contributed by atoms with Crippen LogP contribution in [0.5, 0.6) is 0 Å². The monoisotopic (exact) mass is 236 g/mol. The first-order chi connectivity index (χ1) is 7.61. The van der Waals surface area contributed by atoms with E-state index in [1.54, 1.807) is 0 Å². The van der Waals surface area contributed by atoms with Crippen LogP contribution in [0, 0.1) is 5.92 Å². The molecule has 1 aliphatic rings. The van der Waals surface area contributed by atoms with Crippen molar-refractivity contribution >= 4 is 22.6 Å². The van der Waals surface area contributed by atoms with Crippen LogP contribution < -0.4 is 0 Å². The minimum atomic E-state index is -0.299. The molecular weight excluding hydrogens is 224 g/mol. The number of cyclic esters (lactones) is 1. The summed E-state index contributed by atoms with van der Waals surface area (Å²) in [5.41, 5.74) is 1.46. The van der Waals surface area contributed by atoms with Crippen LogP contribution in [0.1, 0.15) is 19.4 Å². The maximum absolute atomic E-state index is 11.4. The van der Waals surface area contributed by atoms with E-state index in [2.05, 4.69) is 0 Å². The van der Waals surface area contributed by atoms with E-state index >= 15 is 0 Å². The Morgan fingerprint density at radius 1 is 1.31 bits per heavy atom. The van der Waals surface area contributed by atoms with Crippen LogP contribution in [0.4, 0.5) is 0 Å². The van der Waals surface area contributed by atoms with Crippen LogP contribution in [0.25, 0.3) is 5.03 Å².